The van der Waals surface area contributed by atoms with Crippen LogP contribution in [0.4, 0.5) is 10.8 Å². The fourth-order valence-electron chi connectivity index (χ4n) is 2.21. The van der Waals surface area contributed by atoms with Gasteiger partial charge in [0, 0.05) is 17.7 Å². The summed E-state index contributed by atoms with van der Waals surface area (Å²) in [5.41, 5.74) is 0.924. The highest BCUT2D eigenvalue weighted by atomic mass is 32.1. The quantitative estimate of drug-likeness (QED) is 0.544. The highest BCUT2D eigenvalue weighted by Gasteiger charge is 2.13. The summed E-state index contributed by atoms with van der Waals surface area (Å²) in [6, 6.07) is 11.2. The Labute approximate surface area is 147 Å². The Morgan fingerprint density at radius 2 is 1.96 bits per heavy atom. The van der Waals surface area contributed by atoms with Gasteiger partial charge in [0.15, 0.2) is 5.13 Å². The molecule has 0 spiro atoms. The van der Waals surface area contributed by atoms with Gasteiger partial charge in [-0.3, -0.25) is 20.2 Å². The van der Waals surface area contributed by atoms with Crippen LogP contribution in [-0.4, -0.2) is 21.9 Å². The zero-order chi connectivity index (χ0) is 18.0. The number of anilines is 1. The lowest BCUT2D eigenvalue weighted by molar-refractivity contribution is -0.384. The maximum absolute atomic E-state index is 12.3. The highest BCUT2D eigenvalue weighted by Crippen LogP contribution is 2.29. The molecule has 2 aromatic carbocycles. The Bertz CT molecular complexity index is 935. The summed E-state index contributed by atoms with van der Waals surface area (Å²) in [5.74, 6) is 0.392. The average molecular weight is 357 g/mol. The second-order valence-corrected chi connectivity index (χ2v) is 6.60. The molecule has 1 amide bonds. The molecule has 0 unspecified atom stereocenters. The number of benzene rings is 2. The zero-order valence-electron chi connectivity index (χ0n) is 13.6. The Balaban J connectivity index is 1.76. The number of aromatic nitrogens is 1. The predicted molar refractivity (Wildman–Crippen MR) is 96.4 cm³/mol. The molecular weight excluding hydrogens is 342 g/mol. The third-order valence-corrected chi connectivity index (χ3v) is 4.24. The lowest BCUT2D eigenvalue weighted by atomic mass is 10.2. The van der Waals surface area contributed by atoms with Gasteiger partial charge >= 0.3 is 0 Å². The minimum atomic E-state index is -0.474. The molecule has 3 rings (SSSR count). The van der Waals surface area contributed by atoms with Gasteiger partial charge in [-0.1, -0.05) is 11.3 Å². The first kappa shape index (κ1) is 16.8. The average Bonchev–Trinajstić information content (AvgIpc) is 2.96. The molecule has 0 saturated carbocycles. The van der Waals surface area contributed by atoms with Crippen LogP contribution in [0.25, 0.3) is 10.2 Å². The largest absolute Gasteiger partial charge is 0.491 e. The summed E-state index contributed by atoms with van der Waals surface area (Å²) in [5, 5.41) is 13.9. The molecule has 0 aliphatic heterocycles. The number of amides is 1. The number of nitro groups is 1. The van der Waals surface area contributed by atoms with Crippen molar-refractivity contribution in [1.29, 1.82) is 0 Å². The van der Waals surface area contributed by atoms with E-state index in [9.17, 15) is 14.9 Å². The number of ether oxygens (including phenoxy) is 1. The van der Waals surface area contributed by atoms with E-state index in [1.807, 2.05) is 13.8 Å². The molecule has 0 saturated heterocycles. The molecule has 3 aromatic rings. The van der Waals surface area contributed by atoms with Gasteiger partial charge in [0.2, 0.25) is 0 Å². The van der Waals surface area contributed by atoms with E-state index in [-0.39, 0.29) is 17.7 Å². The van der Waals surface area contributed by atoms with Crippen molar-refractivity contribution in [1.82, 2.24) is 4.98 Å². The number of carbonyl (C=O) groups is 1. The molecule has 0 fully saturated rings. The molecule has 7 nitrogen and oxygen atoms in total. The molecule has 0 aliphatic rings. The maximum atomic E-state index is 12.3. The number of carbonyl (C=O) groups excluding carboxylic acids is 1. The fraction of sp³-hybridized carbons (Fsp3) is 0.176. The minimum absolute atomic E-state index is 0.0311. The molecule has 1 aromatic heterocycles. The number of nitrogens with zero attached hydrogens (tertiary/aromatic N) is 2. The summed E-state index contributed by atoms with van der Waals surface area (Å²) in [6.07, 6.45) is 0.0616. The Kier molecular flexibility index (Phi) is 4.62. The lowest BCUT2D eigenvalue weighted by Crippen LogP contribution is -2.12. The van der Waals surface area contributed by atoms with Crippen molar-refractivity contribution < 1.29 is 14.5 Å². The monoisotopic (exact) mass is 357 g/mol. The van der Waals surface area contributed by atoms with Crippen LogP contribution in [-0.2, 0) is 0 Å². The van der Waals surface area contributed by atoms with Gasteiger partial charge in [-0.15, -0.1) is 0 Å². The van der Waals surface area contributed by atoms with Crippen LogP contribution < -0.4 is 10.1 Å². The van der Waals surface area contributed by atoms with Gasteiger partial charge in [0.1, 0.15) is 5.75 Å². The van der Waals surface area contributed by atoms with Crippen molar-refractivity contribution in [2.24, 2.45) is 0 Å². The normalized spacial score (nSPS) is 10.8. The first-order valence-electron chi connectivity index (χ1n) is 7.55. The Hall–Kier alpha value is -3.00. The summed E-state index contributed by atoms with van der Waals surface area (Å²) in [6.45, 7) is 3.86. The second kappa shape index (κ2) is 6.86. The van der Waals surface area contributed by atoms with Crippen molar-refractivity contribution in [3.8, 4) is 5.75 Å². The van der Waals surface area contributed by atoms with E-state index in [1.54, 1.807) is 30.3 Å². The Morgan fingerprint density at radius 1 is 1.24 bits per heavy atom. The standard InChI is InChI=1S/C17H15N3O4S/c1-10(2)24-13-6-3-11(4-7-13)16(21)19-17-18-14-9-12(20(22)23)5-8-15(14)25-17/h3-10H,1-2H3,(H,18,19,21). The summed E-state index contributed by atoms with van der Waals surface area (Å²) in [7, 11) is 0. The smallest absolute Gasteiger partial charge is 0.271 e. The van der Waals surface area contributed by atoms with Gasteiger partial charge in [-0.05, 0) is 44.2 Å². The van der Waals surface area contributed by atoms with Crippen molar-refractivity contribution >= 4 is 38.3 Å². The number of hydrogen-bond acceptors (Lipinski definition) is 6. The molecule has 0 atom stereocenters. The first-order valence-corrected chi connectivity index (χ1v) is 8.37. The minimum Gasteiger partial charge on any atom is -0.491 e. The van der Waals surface area contributed by atoms with Crippen molar-refractivity contribution in [2.75, 3.05) is 5.32 Å². The zero-order valence-corrected chi connectivity index (χ0v) is 14.4. The molecular formula is C17H15N3O4S. The Morgan fingerprint density at radius 3 is 2.60 bits per heavy atom. The number of rotatable bonds is 5. The van der Waals surface area contributed by atoms with Crippen LogP contribution in [0.15, 0.2) is 42.5 Å². The van der Waals surface area contributed by atoms with Crippen molar-refractivity contribution in [3.05, 3.63) is 58.1 Å². The fourth-order valence-corrected chi connectivity index (χ4v) is 3.05. The molecule has 128 valence electrons. The lowest BCUT2D eigenvalue weighted by Gasteiger charge is -2.09. The second-order valence-electron chi connectivity index (χ2n) is 5.57. The van der Waals surface area contributed by atoms with Gasteiger partial charge in [-0.25, -0.2) is 4.98 Å². The van der Waals surface area contributed by atoms with Crippen LogP contribution in [0.2, 0.25) is 0 Å². The van der Waals surface area contributed by atoms with Gasteiger partial charge < -0.3 is 4.74 Å². The van der Waals surface area contributed by atoms with E-state index in [2.05, 4.69) is 10.3 Å². The maximum Gasteiger partial charge on any atom is 0.271 e. The number of hydrogen-bond donors (Lipinski definition) is 1. The molecule has 0 aliphatic carbocycles. The van der Waals surface area contributed by atoms with E-state index >= 15 is 0 Å². The van der Waals surface area contributed by atoms with Crippen molar-refractivity contribution in [2.45, 2.75) is 20.0 Å². The molecule has 0 radical (unpaired) electrons. The van der Waals surface area contributed by atoms with Crippen LogP contribution in [0, 0.1) is 10.1 Å². The third kappa shape index (κ3) is 3.92. The first-order chi connectivity index (χ1) is 11.9. The van der Waals surface area contributed by atoms with Crippen LogP contribution in [0.1, 0.15) is 24.2 Å². The van der Waals surface area contributed by atoms with Crippen LogP contribution >= 0.6 is 11.3 Å². The molecule has 1 heterocycles. The highest BCUT2D eigenvalue weighted by molar-refractivity contribution is 7.22. The van der Waals surface area contributed by atoms with Crippen LogP contribution in [0.5, 0.6) is 5.75 Å². The van der Waals surface area contributed by atoms with Crippen molar-refractivity contribution in [3.63, 3.8) is 0 Å². The molecule has 25 heavy (non-hydrogen) atoms. The van der Waals surface area contributed by atoms with E-state index in [0.717, 1.165) is 4.70 Å². The molecule has 0 bridgehead atoms. The molecule has 8 heteroatoms. The topological polar surface area (TPSA) is 94.4 Å². The number of fused-ring (bicyclic) bond motifs is 1. The number of non-ortho nitro benzene ring substituents is 1. The van der Waals surface area contributed by atoms with E-state index in [4.69, 9.17) is 4.74 Å². The van der Waals surface area contributed by atoms with Gasteiger partial charge in [0.25, 0.3) is 11.6 Å². The van der Waals surface area contributed by atoms with E-state index in [0.29, 0.717) is 22.0 Å². The van der Waals surface area contributed by atoms with E-state index in [1.165, 1.54) is 23.5 Å². The van der Waals surface area contributed by atoms with Crippen LogP contribution in [0.3, 0.4) is 0 Å². The summed E-state index contributed by atoms with van der Waals surface area (Å²) >= 11 is 1.26. The predicted octanol–water partition coefficient (Wildman–Crippen LogP) is 4.24. The number of nitro benzene ring substituents is 1. The van der Waals surface area contributed by atoms with Gasteiger partial charge in [-0.2, -0.15) is 0 Å². The third-order valence-electron chi connectivity index (χ3n) is 3.29. The summed E-state index contributed by atoms with van der Waals surface area (Å²) < 4.78 is 6.31. The SMILES string of the molecule is CC(C)Oc1ccc(C(=O)Nc2nc3cc([N+](=O)[O-])ccc3s2)cc1. The number of nitrogens with one attached hydrogen (secondary N) is 1. The number of thiazole rings is 1. The van der Waals surface area contributed by atoms with E-state index < -0.39 is 4.92 Å². The molecule has 1 N–H and O–H groups in total. The summed E-state index contributed by atoms with van der Waals surface area (Å²) in [4.78, 5) is 26.9. The van der Waals surface area contributed by atoms with Gasteiger partial charge in [0.05, 0.1) is 21.2 Å².